The number of aliphatic hydroxyl groups is 1. The summed E-state index contributed by atoms with van der Waals surface area (Å²) in [6.07, 6.45) is -0.664. The van der Waals surface area contributed by atoms with Gasteiger partial charge in [0.25, 0.3) is 0 Å². The summed E-state index contributed by atoms with van der Waals surface area (Å²) in [7, 11) is 0. The summed E-state index contributed by atoms with van der Waals surface area (Å²) in [6, 6.07) is 4.80. The van der Waals surface area contributed by atoms with Crippen LogP contribution in [0.4, 0.5) is 10.5 Å². The van der Waals surface area contributed by atoms with Crippen molar-refractivity contribution in [2.45, 2.75) is 6.42 Å². The van der Waals surface area contributed by atoms with Gasteiger partial charge < -0.3 is 10.2 Å². The Morgan fingerprint density at radius 1 is 1.50 bits per heavy atom. The molecule has 1 rings (SSSR count). The van der Waals surface area contributed by atoms with E-state index in [0.29, 0.717) is 17.1 Å². The average molecular weight is 216 g/mol. The van der Waals surface area contributed by atoms with E-state index >= 15 is 0 Å². The molecule has 1 amide bonds. The van der Waals surface area contributed by atoms with Crippen molar-refractivity contribution in [3.8, 4) is 0 Å². The lowest BCUT2D eigenvalue weighted by Crippen LogP contribution is -2.07. The van der Waals surface area contributed by atoms with Gasteiger partial charge in [-0.3, -0.25) is 5.32 Å². The van der Waals surface area contributed by atoms with Crippen molar-refractivity contribution < 1.29 is 15.0 Å². The van der Waals surface area contributed by atoms with Crippen molar-refractivity contribution >= 4 is 23.4 Å². The van der Waals surface area contributed by atoms with Crippen molar-refractivity contribution in [3.05, 3.63) is 28.8 Å². The van der Waals surface area contributed by atoms with Gasteiger partial charge in [0.05, 0.1) is 0 Å². The van der Waals surface area contributed by atoms with Crippen LogP contribution in [-0.2, 0) is 6.42 Å². The first kappa shape index (κ1) is 10.8. The summed E-state index contributed by atoms with van der Waals surface area (Å²) in [5, 5.41) is 19.8. The molecule has 0 saturated heterocycles. The minimum atomic E-state index is -1.13. The summed E-state index contributed by atoms with van der Waals surface area (Å²) in [5.74, 6) is 0. The highest BCUT2D eigenvalue weighted by molar-refractivity contribution is 6.31. The molecule has 0 bridgehead atoms. The molecule has 14 heavy (non-hydrogen) atoms. The van der Waals surface area contributed by atoms with Crippen LogP contribution in [0, 0.1) is 0 Å². The molecule has 0 fully saturated rings. The second-order valence-electron chi connectivity index (χ2n) is 2.71. The standard InChI is InChI=1S/C9H10ClNO3/c10-8-5-7(11-9(13)14)2-1-6(8)3-4-12/h1-2,5,11-12H,3-4H2,(H,13,14). The van der Waals surface area contributed by atoms with Gasteiger partial charge in [-0.15, -0.1) is 0 Å². The molecule has 3 N–H and O–H groups in total. The first-order valence-corrected chi connectivity index (χ1v) is 4.40. The Morgan fingerprint density at radius 2 is 2.21 bits per heavy atom. The number of carboxylic acid groups (broad SMARTS) is 1. The molecule has 0 aliphatic carbocycles. The monoisotopic (exact) mass is 215 g/mol. The van der Waals surface area contributed by atoms with Crippen LogP contribution < -0.4 is 5.32 Å². The molecule has 0 aliphatic rings. The number of amides is 1. The van der Waals surface area contributed by atoms with E-state index in [1.807, 2.05) is 0 Å². The second kappa shape index (κ2) is 4.83. The Hall–Kier alpha value is -1.26. The maximum Gasteiger partial charge on any atom is 0.409 e. The van der Waals surface area contributed by atoms with Gasteiger partial charge in [0.15, 0.2) is 0 Å². The fourth-order valence-corrected chi connectivity index (χ4v) is 1.35. The molecule has 0 unspecified atom stereocenters. The summed E-state index contributed by atoms with van der Waals surface area (Å²) in [6.45, 7) is 0.0193. The Labute approximate surface area is 86.1 Å². The Morgan fingerprint density at radius 3 is 2.71 bits per heavy atom. The molecule has 0 aromatic heterocycles. The van der Waals surface area contributed by atoms with Crippen LogP contribution >= 0.6 is 11.6 Å². The topological polar surface area (TPSA) is 69.6 Å². The fourth-order valence-electron chi connectivity index (χ4n) is 1.07. The molecule has 1 aromatic carbocycles. The predicted octanol–water partition coefficient (Wildman–Crippen LogP) is 1.96. The number of rotatable bonds is 3. The van der Waals surface area contributed by atoms with Crippen molar-refractivity contribution in [2.75, 3.05) is 11.9 Å². The lowest BCUT2D eigenvalue weighted by molar-refractivity contribution is 0.209. The average Bonchev–Trinajstić information content (AvgIpc) is 2.09. The largest absolute Gasteiger partial charge is 0.465 e. The van der Waals surface area contributed by atoms with Crippen LogP contribution in [0.5, 0.6) is 0 Å². The van der Waals surface area contributed by atoms with Gasteiger partial charge in [-0.05, 0) is 24.1 Å². The first-order valence-electron chi connectivity index (χ1n) is 4.02. The normalized spacial score (nSPS) is 9.86. The smallest absolute Gasteiger partial charge is 0.409 e. The molecular weight excluding hydrogens is 206 g/mol. The first-order chi connectivity index (χ1) is 6.63. The lowest BCUT2D eigenvalue weighted by Gasteiger charge is -2.05. The molecule has 0 radical (unpaired) electrons. The molecule has 0 atom stereocenters. The van der Waals surface area contributed by atoms with Crippen molar-refractivity contribution in [3.63, 3.8) is 0 Å². The van der Waals surface area contributed by atoms with E-state index < -0.39 is 6.09 Å². The molecule has 5 heteroatoms. The number of aliphatic hydroxyl groups excluding tert-OH is 1. The number of benzene rings is 1. The van der Waals surface area contributed by atoms with E-state index in [1.54, 1.807) is 12.1 Å². The van der Waals surface area contributed by atoms with Crippen LogP contribution in [0.15, 0.2) is 18.2 Å². The summed E-state index contributed by atoms with van der Waals surface area (Å²) in [4.78, 5) is 10.3. The third kappa shape index (κ3) is 2.90. The molecule has 0 heterocycles. The zero-order valence-electron chi connectivity index (χ0n) is 7.33. The fraction of sp³-hybridized carbons (Fsp3) is 0.222. The van der Waals surface area contributed by atoms with Crippen LogP contribution in [0.3, 0.4) is 0 Å². The molecular formula is C9H10ClNO3. The molecule has 1 aromatic rings. The molecule has 4 nitrogen and oxygen atoms in total. The van der Waals surface area contributed by atoms with Crippen LogP contribution in [0.2, 0.25) is 5.02 Å². The Kier molecular flexibility index (Phi) is 3.73. The van der Waals surface area contributed by atoms with Crippen molar-refractivity contribution in [1.29, 1.82) is 0 Å². The summed E-state index contributed by atoms with van der Waals surface area (Å²) in [5.41, 5.74) is 1.22. The van der Waals surface area contributed by atoms with Gasteiger partial charge in [0.2, 0.25) is 0 Å². The minimum absolute atomic E-state index is 0.0193. The molecule has 0 saturated carbocycles. The number of nitrogens with one attached hydrogen (secondary N) is 1. The highest BCUT2D eigenvalue weighted by atomic mass is 35.5. The van der Waals surface area contributed by atoms with E-state index in [-0.39, 0.29) is 6.61 Å². The van der Waals surface area contributed by atoms with Gasteiger partial charge in [-0.2, -0.15) is 0 Å². The zero-order valence-corrected chi connectivity index (χ0v) is 8.08. The molecule has 0 aliphatic heterocycles. The van der Waals surface area contributed by atoms with E-state index in [1.165, 1.54) is 6.07 Å². The van der Waals surface area contributed by atoms with Crippen molar-refractivity contribution in [2.24, 2.45) is 0 Å². The minimum Gasteiger partial charge on any atom is -0.465 e. The quantitative estimate of drug-likeness (QED) is 0.722. The van der Waals surface area contributed by atoms with Gasteiger partial charge >= 0.3 is 6.09 Å². The maximum absolute atomic E-state index is 10.3. The highest BCUT2D eigenvalue weighted by Crippen LogP contribution is 2.21. The van der Waals surface area contributed by atoms with Crippen LogP contribution in [-0.4, -0.2) is 22.9 Å². The van der Waals surface area contributed by atoms with E-state index in [9.17, 15) is 4.79 Å². The summed E-state index contributed by atoms with van der Waals surface area (Å²) < 4.78 is 0. The van der Waals surface area contributed by atoms with E-state index in [0.717, 1.165) is 5.56 Å². The van der Waals surface area contributed by atoms with Gasteiger partial charge in [0, 0.05) is 17.3 Å². The lowest BCUT2D eigenvalue weighted by atomic mass is 10.1. The number of carbonyl (C=O) groups is 1. The van der Waals surface area contributed by atoms with Crippen LogP contribution in [0.25, 0.3) is 0 Å². The number of anilines is 1. The van der Waals surface area contributed by atoms with Gasteiger partial charge in [0.1, 0.15) is 0 Å². The zero-order chi connectivity index (χ0) is 10.6. The third-order valence-electron chi connectivity index (χ3n) is 1.69. The SMILES string of the molecule is O=C(O)Nc1ccc(CCO)c(Cl)c1. The molecule has 76 valence electrons. The Balaban J connectivity index is 2.83. The highest BCUT2D eigenvalue weighted by Gasteiger charge is 2.03. The Bertz CT molecular complexity index is 341. The molecule has 0 spiro atoms. The van der Waals surface area contributed by atoms with E-state index in [4.69, 9.17) is 21.8 Å². The second-order valence-corrected chi connectivity index (χ2v) is 3.12. The predicted molar refractivity (Wildman–Crippen MR) is 53.9 cm³/mol. The summed E-state index contributed by atoms with van der Waals surface area (Å²) >= 11 is 5.85. The third-order valence-corrected chi connectivity index (χ3v) is 2.04. The van der Waals surface area contributed by atoms with E-state index in [2.05, 4.69) is 5.32 Å². The van der Waals surface area contributed by atoms with Crippen molar-refractivity contribution in [1.82, 2.24) is 0 Å². The van der Waals surface area contributed by atoms with Gasteiger partial charge in [-0.1, -0.05) is 17.7 Å². The number of hydrogen-bond acceptors (Lipinski definition) is 2. The van der Waals surface area contributed by atoms with Gasteiger partial charge in [-0.25, -0.2) is 4.79 Å². The maximum atomic E-state index is 10.3. The number of halogens is 1. The number of hydrogen-bond donors (Lipinski definition) is 3. The van der Waals surface area contributed by atoms with Crippen LogP contribution in [0.1, 0.15) is 5.56 Å².